The Morgan fingerprint density at radius 3 is 2.11 bits per heavy atom. The van der Waals surface area contributed by atoms with E-state index in [-0.39, 0.29) is 79.6 Å². The highest BCUT2D eigenvalue weighted by Crippen LogP contribution is 2.46. The number of hydrogen-bond donors (Lipinski definition) is 5. The molecule has 0 aliphatic carbocycles. The zero-order valence-corrected chi connectivity index (χ0v) is 31.4. The summed E-state index contributed by atoms with van der Waals surface area (Å²) >= 11 is 0. The van der Waals surface area contributed by atoms with E-state index in [1.807, 2.05) is 4.90 Å². The number of benzene rings is 2. The largest absolute Gasteiger partial charge is 0.493 e. The van der Waals surface area contributed by atoms with Crippen molar-refractivity contribution < 1.29 is 56.0 Å². The summed E-state index contributed by atoms with van der Waals surface area (Å²) in [4.78, 5) is 42.3. The lowest BCUT2D eigenvalue weighted by Gasteiger charge is -2.27. The Hall–Kier alpha value is -4.25. The van der Waals surface area contributed by atoms with Gasteiger partial charge in [-0.25, -0.2) is 0 Å². The van der Waals surface area contributed by atoms with E-state index in [0.29, 0.717) is 55.2 Å². The minimum Gasteiger partial charge on any atom is -0.493 e. The molecule has 17 nitrogen and oxygen atoms in total. The molecule has 290 valence electrons. The molecule has 2 saturated heterocycles. The summed E-state index contributed by atoms with van der Waals surface area (Å²) in [5.74, 6) is 0.0289. The van der Waals surface area contributed by atoms with Gasteiger partial charge >= 0.3 is 0 Å². The number of methoxy groups -OCH3 is 2. The van der Waals surface area contributed by atoms with E-state index in [2.05, 4.69) is 16.0 Å². The molecule has 0 aromatic heterocycles. The van der Waals surface area contributed by atoms with E-state index in [4.69, 9.17) is 18.9 Å². The first-order valence-corrected chi connectivity index (χ1v) is 21.4. The van der Waals surface area contributed by atoms with E-state index < -0.39 is 40.5 Å². The summed E-state index contributed by atoms with van der Waals surface area (Å²) in [5.41, 5.74) is 1.37. The van der Waals surface area contributed by atoms with E-state index in [1.54, 1.807) is 12.1 Å². The minimum absolute atomic E-state index is 0.0167. The van der Waals surface area contributed by atoms with Gasteiger partial charge in [0.25, 0.3) is 21.9 Å². The predicted octanol–water partition coefficient (Wildman–Crippen LogP) is 2.25. The molecule has 2 unspecified atom stereocenters. The number of ether oxygens (including phenoxy) is 4. The second kappa shape index (κ2) is 16.0. The van der Waals surface area contributed by atoms with Gasteiger partial charge in [0.15, 0.2) is 28.4 Å². The molecule has 4 aliphatic rings. The predicted molar refractivity (Wildman–Crippen MR) is 195 cm³/mol. The number of aliphatic hydroxyl groups is 1. The number of nitrogens with zero attached hydrogens (tertiary/aromatic N) is 2. The number of carbonyl (C=O) groups excluding carboxylic acids is 3. The van der Waals surface area contributed by atoms with Gasteiger partial charge in [-0.2, -0.15) is 8.42 Å². The smallest absolute Gasteiger partial charge is 0.288 e. The first-order valence-electron chi connectivity index (χ1n) is 17.6. The van der Waals surface area contributed by atoms with Gasteiger partial charge in [0.1, 0.15) is 7.14 Å². The molecule has 6 rings (SSSR count). The zero-order chi connectivity index (χ0) is 37.9. The maximum atomic E-state index is 14.3. The summed E-state index contributed by atoms with van der Waals surface area (Å²) in [5, 5.41) is 16.5. The Balaban J connectivity index is 1.17. The molecule has 0 radical (unpaired) electrons. The summed E-state index contributed by atoms with van der Waals surface area (Å²) in [6.07, 6.45) is 2.48. The molecule has 53 heavy (non-hydrogen) atoms. The van der Waals surface area contributed by atoms with Crippen LogP contribution < -0.4 is 34.9 Å². The van der Waals surface area contributed by atoms with E-state index in [0.717, 1.165) is 12.8 Å². The van der Waals surface area contributed by atoms with Crippen LogP contribution in [0.15, 0.2) is 24.3 Å². The third kappa shape index (κ3) is 8.30. The number of nitrogens with one attached hydrogen (secondary N) is 3. The van der Waals surface area contributed by atoms with Crippen molar-refractivity contribution in [2.45, 2.75) is 49.6 Å². The zero-order valence-electron chi connectivity index (χ0n) is 29.7. The van der Waals surface area contributed by atoms with Gasteiger partial charge in [-0.05, 0) is 37.8 Å². The van der Waals surface area contributed by atoms with Crippen LogP contribution >= 0.6 is 7.14 Å². The van der Waals surface area contributed by atoms with Crippen LogP contribution in [0.25, 0.3) is 0 Å². The lowest BCUT2D eigenvalue weighted by molar-refractivity contribution is -0.121. The SMILES string of the molecule is COc1cc2c(cc1OCCP(=O)(CCOc1cc3c(cc1OC)C(=O)N1CCC[C@H]1C(S(=O)(=O)O)N3)CNC(=O)CCO)NC[C@@H]1CCCN1C2=O. The van der Waals surface area contributed by atoms with Crippen LogP contribution in [0.1, 0.15) is 52.8 Å². The third-order valence-corrected chi connectivity index (χ3v) is 14.0. The van der Waals surface area contributed by atoms with Crippen molar-refractivity contribution in [1.29, 1.82) is 0 Å². The van der Waals surface area contributed by atoms with Crippen molar-refractivity contribution in [3.8, 4) is 23.0 Å². The average Bonchev–Trinajstić information content (AvgIpc) is 3.77. The van der Waals surface area contributed by atoms with Crippen LogP contribution in [-0.2, 0) is 19.5 Å². The molecule has 4 heterocycles. The van der Waals surface area contributed by atoms with E-state index in [1.165, 1.54) is 31.3 Å². The highest BCUT2D eigenvalue weighted by Gasteiger charge is 2.45. The summed E-state index contributed by atoms with van der Waals surface area (Å²) in [7, 11) is -5.02. The third-order valence-electron chi connectivity index (χ3n) is 10.2. The number of anilines is 2. The van der Waals surface area contributed by atoms with Crippen LogP contribution in [-0.4, -0.2) is 135 Å². The van der Waals surface area contributed by atoms with Crippen molar-refractivity contribution in [1.82, 2.24) is 15.1 Å². The van der Waals surface area contributed by atoms with Gasteiger partial charge < -0.3 is 54.4 Å². The summed E-state index contributed by atoms with van der Waals surface area (Å²) in [6, 6.07) is 5.53. The normalized spacial score (nSPS) is 21.8. The highest BCUT2D eigenvalue weighted by molar-refractivity contribution is 7.86. The van der Waals surface area contributed by atoms with Crippen molar-refractivity contribution in [3.63, 3.8) is 0 Å². The Bertz CT molecular complexity index is 1890. The van der Waals surface area contributed by atoms with Gasteiger partial charge in [0.05, 0.1) is 68.9 Å². The van der Waals surface area contributed by atoms with Crippen molar-refractivity contribution in [2.24, 2.45) is 0 Å². The van der Waals surface area contributed by atoms with Gasteiger partial charge in [0, 0.05) is 56.6 Å². The molecule has 3 amide bonds. The number of hydrogen-bond acceptors (Lipinski definition) is 13. The lowest BCUT2D eigenvalue weighted by Crippen LogP contribution is -2.47. The molecular formula is C34H46N5O12PS. The number of rotatable bonds is 15. The number of amides is 3. The van der Waals surface area contributed by atoms with Crippen LogP contribution in [0.4, 0.5) is 11.4 Å². The van der Waals surface area contributed by atoms with E-state index in [9.17, 15) is 37.0 Å². The molecule has 19 heteroatoms. The molecule has 5 N–H and O–H groups in total. The molecule has 2 aromatic carbocycles. The first-order chi connectivity index (χ1) is 25.4. The number of carbonyl (C=O) groups is 3. The molecule has 0 saturated carbocycles. The second-order valence-corrected chi connectivity index (χ2v) is 18.4. The van der Waals surface area contributed by atoms with Gasteiger partial charge in [-0.1, -0.05) is 0 Å². The fourth-order valence-electron chi connectivity index (χ4n) is 7.35. The Kier molecular flexibility index (Phi) is 11.6. The van der Waals surface area contributed by atoms with Crippen molar-refractivity contribution >= 4 is 46.4 Å². The van der Waals surface area contributed by atoms with Gasteiger partial charge in [-0.3, -0.25) is 18.9 Å². The summed E-state index contributed by atoms with van der Waals surface area (Å²) < 4.78 is 72.2. The topological polar surface area (TPSA) is 222 Å². The van der Waals surface area contributed by atoms with Crippen molar-refractivity contribution in [2.75, 3.05) is 82.9 Å². The van der Waals surface area contributed by atoms with Crippen LogP contribution in [0, 0.1) is 0 Å². The van der Waals surface area contributed by atoms with Crippen molar-refractivity contribution in [3.05, 3.63) is 35.4 Å². The van der Waals surface area contributed by atoms with Crippen LogP contribution in [0.3, 0.4) is 0 Å². The Morgan fingerprint density at radius 1 is 0.906 bits per heavy atom. The quantitative estimate of drug-likeness (QED) is 0.129. The molecule has 2 aromatic rings. The van der Waals surface area contributed by atoms with Crippen LogP contribution in [0.2, 0.25) is 0 Å². The fourth-order valence-corrected chi connectivity index (χ4v) is 10.2. The monoisotopic (exact) mass is 779 g/mol. The lowest BCUT2D eigenvalue weighted by atomic mass is 10.1. The molecule has 2 fully saturated rings. The Morgan fingerprint density at radius 2 is 1.49 bits per heavy atom. The van der Waals surface area contributed by atoms with E-state index >= 15 is 0 Å². The highest BCUT2D eigenvalue weighted by atomic mass is 32.2. The number of fused-ring (bicyclic) bond motifs is 4. The molecular weight excluding hydrogens is 733 g/mol. The van der Waals surface area contributed by atoms with Gasteiger partial charge in [-0.15, -0.1) is 0 Å². The molecule has 4 atom stereocenters. The minimum atomic E-state index is -4.60. The molecule has 0 bridgehead atoms. The molecule has 4 aliphatic heterocycles. The number of aliphatic hydroxyl groups excluding tert-OH is 1. The first kappa shape index (κ1) is 38.5. The standard InChI is InChI=1S/C34H46N5O12PS/c1-48-27-15-22-24(35-19-21-5-3-8-38(21)33(22)42)17-29(27)50-11-13-52(44,20-36-31(41)7-10-40)14-12-51-30-18-25-23(16-28(30)49-2)34(43)39-9-4-6-26(39)32(37-25)53(45,46)47/h15-18,21,26,32,35,37,40H,3-14,19-20H2,1-2H3,(H,36,41)(H,45,46,47)/t21-,26-,32?,52?/m0/s1. The summed E-state index contributed by atoms with van der Waals surface area (Å²) in [6.45, 7) is 1.10. The molecule has 0 spiro atoms. The Labute approximate surface area is 307 Å². The maximum absolute atomic E-state index is 14.3. The second-order valence-electron chi connectivity index (χ2n) is 13.5. The maximum Gasteiger partial charge on any atom is 0.288 e. The van der Waals surface area contributed by atoms with Gasteiger partial charge in [0.2, 0.25) is 5.91 Å². The fraction of sp³-hybridized carbons (Fsp3) is 0.559. The average molecular weight is 780 g/mol. The van der Waals surface area contributed by atoms with Crippen LogP contribution in [0.5, 0.6) is 23.0 Å².